The summed E-state index contributed by atoms with van der Waals surface area (Å²) in [6, 6.07) is 0. The van der Waals surface area contributed by atoms with Crippen molar-refractivity contribution in [2.75, 3.05) is 0 Å². The van der Waals surface area contributed by atoms with Crippen LogP contribution in [-0.4, -0.2) is 4.21 Å². The van der Waals surface area contributed by atoms with Crippen molar-refractivity contribution in [1.29, 1.82) is 0 Å². The maximum absolute atomic E-state index is 4.63. The molecule has 0 radical (unpaired) electrons. The first-order valence-electron chi connectivity index (χ1n) is 7.60. The molecule has 0 aliphatic heterocycles. The van der Waals surface area contributed by atoms with Crippen molar-refractivity contribution >= 4 is 4.21 Å². The summed E-state index contributed by atoms with van der Waals surface area (Å²) in [4.78, 5) is 0. The van der Waals surface area contributed by atoms with Gasteiger partial charge in [0.1, 0.15) is 0 Å². The molecule has 0 N–H and O–H groups in total. The molecule has 0 aromatic heterocycles. The standard InChI is InChI=1S/2C9H13.CH2.2ClH.Zr/c2*1-9(2,3)8-6-4-5-7-8;;;;/h6-7H,4H2,1-3H3;4,6H,7H2,1-3H3;1H2;2*1H;/q;;;;;+2/p-2. The molecule has 3 heteroatoms. The van der Waals surface area contributed by atoms with Crippen molar-refractivity contribution in [3.63, 3.8) is 0 Å². The largest absolute Gasteiger partial charge is 1.00 e. The van der Waals surface area contributed by atoms with Gasteiger partial charge in [-0.2, -0.15) is 0 Å². The second kappa shape index (κ2) is 7.91. The minimum Gasteiger partial charge on any atom is -1.00 e. The van der Waals surface area contributed by atoms with E-state index in [1.807, 2.05) is 0 Å². The van der Waals surface area contributed by atoms with Crippen LogP contribution in [0.5, 0.6) is 0 Å². The Labute approximate surface area is 156 Å². The fraction of sp³-hybridized carbons (Fsp3) is 0.526. The molecule has 2 aliphatic rings. The summed E-state index contributed by atoms with van der Waals surface area (Å²) in [6.07, 6.45) is 12.0. The second-order valence-electron chi connectivity index (χ2n) is 8.07. The normalized spacial score (nSPS) is 17.3. The van der Waals surface area contributed by atoms with Crippen molar-refractivity contribution in [2.45, 2.75) is 54.4 Å². The third kappa shape index (κ3) is 5.15. The molecule has 0 nitrogen and oxygen atoms in total. The van der Waals surface area contributed by atoms with Gasteiger partial charge in [-0.05, 0) is 0 Å². The van der Waals surface area contributed by atoms with E-state index in [0.29, 0.717) is 5.41 Å². The summed E-state index contributed by atoms with van der Waals surface area (Å²) in [5.41, 5.74) is 3.68. The molecule has 122 valence electrons. The Hall–Kier alpha value is 0.293. The first kappa shape index (κ1) is 22.3. The first-order chi connectivity index (χ1) is 9.09. The molecule has 0 amide bonds. The molecule has 0 fully saturated rings. The molecule has 22 heavy (non-hydrogen) atoms. The monoisotopic (exact) mass is 416 g/mol. The van der Waals surface area contributed by atoms with E-state index in [1.165, 1.54) is 12.0 Å². The molecular formula is C19H28Cl2Zr. The van der Waals surface area contributed by atoms with Crippen molar-refractivity contribution in [1.82, 2.24) is 0 Å². The van der Waals surface area contributed by atoms with Gasteiger partial charge in [-0.1, -0.05) is 0 Å². The van der Waals surface area contributed by atoms with Gasteiger partial charge in [-0.25, -0.2) is 0 Å². The first-order valence-corrected chi connectivity index (χ1v) is 11.8. The van der Waals surface area contributed by atoms with Crippen molar-refractivity contribution < 1.29 is 46.1 Å². The fourth-order valence-electron chi connectivity index (χ4n) is 2.71. The summed E-state index contributed by atoms with van der Waals surface area (Å²) in [5, 5.41) is 0. The van der Waals surface area contributed by atoms with E-state index in [0.717, 1.165) is 6.42 Å². The number of allylic oxidation sites excluding steroid dienone is 8. The van der Waals surface area contributed by atoms with Gasteiger partial charge < -0.3 is 24.8 Å². The molecule has 0 aromatic carbocycles. The Morgan fingerprint density at radius 2 is 1.50 bits per heavy atom. The Balaban J connectivity index is 0.00000220. The Morgan fingerprint density at radius 1 is 0.909 bits per heavy atom. The van der Waals surface area contributed by atoms with Crippen LogP contribution in [0.1, 0.15) is 54.4 Å². The Bertz CT molecular complexity index is 561. The maximum atomic E-state index is 4.63. The molecule has 0 unspecified atom stereocenters. The molecule has 0 bridgehead atoms. The van der Waals surface area contributed by atoms with E-state index >= 15 is 0 Å². The van der Waals surface area contributed by atoms with E-state index in [2.05, 4.69) is 70.1 Å². The third-order valence-corrected chi connectivity index (χ3v) is 9.85. The zero-order chi connectivity index (χ0) is 15.1. The van der Waals surface area contributed by atoms with Gasteiger partial charge in [0.2, 0.25) is 0 Å². The van der Waals surface area contributed by atoms with Crippen LogP contribution in [0.4, 0.5) is 0 Å². The third-order valence-electron chi connectivity index (χ3n) is 4.34. The van der Waals surface area contributed by atoms with E-state index < -0.39 is 21.3 Å². The summed E-state index contributed by atoms with van der Waals surface area (Å²) in [6.45, 7) is 13.9. The minimum absolute atomic E-state index is 0. The van der Waals surface area contributed by atoms with Crippen molar-refractivity contribution in [3.05, 3.63) is 42.0 Å². The maximum Gasteiger partial charge on any atom is -1.00 e. The molecule has 0 spiro atoms. The van der Waals surface area contributed by atoms with Gasteiger partial charge in [0.15, 0.2) is 0 Å². The molecule has 0 heterocycles. The molecule has 2 aliphatic carbocycles. The van der Waals surface area contributed by atoms with Gasteiger partial charge in [-0.15, -0.1) is 0 Å². The molecule has 0 saturated heterocycles. The van der Waals surface area contributed by atoms with Crippen molar-refractivity contribution in [2.24, 2.45) is 10.8 Å². The number of rotatable bonds is 2. The Morgan fingerprint density at radius 3 is 1.91 bits per heavy atom. The molecule has 0 atom stereocenters. The smallest absolute Gasteiger partial charge is 1.00 e. The fourth-order valence-corrected chi connectivity index (χ4v) is 7.08. The SMILES string of the molecule is [CH2]=[Zr+2]([C]1=CC(C(C)(C)C)=CC1)[C]1=CC=C(C(C)(C)C)C1.[Cl-].[Cl-]. The number of hydrogen-bond donors (Lipinski definition) is 0. The summed E-state index contributed by atoms with van der Waals surface area (Å²) >= 11 is -1.78. The summed E-state index contributed by atoms with van der Waals surface area (Å²) in [5.74, 6) is 0. The van der Waals surface area contributed by atoms with Gasteiger partial charge in [0.25, 0.3) is 0 Å². The van der Waals surface area contributed by atoms with Crippen LogP contribution in [0.3, 0.4) is 0 Å². The van der Waals surface area contributed by atoms with Crippen LogP contribution in [0.25, 0.3) is 0 Å². The van der Waals surface area contributed by atoms with Crippen LogP contribution in [0.2, 0.25) is 0 Å². The average Bonchev–Trinajstić information content (AvgIpc) is 2.96. The van der Waals surface area contributed by atoms with E-state index in [4.69, 9.17) is 0 Å². The molecular weight excluding hydrogens is 390 g/mol. The van der Waals surface area contributed by atoms with Gasteiger partial charge in [0, 0.05) is 0 Å². The topological polar surface area (TPSA) is 0 Å². The molecule has 2 rings (SSSR count). The number of halogens is 2. The predicted octanol–water partition coefficient (Wildman–Crippen LogP) is -0.435. The second-order valence-corrected chi connectivity index (χ2v) is 13.6. The zero-order valence-corrected chi connectivity index (χ0v) is 18.7. The summed E-state index contributed by atoms with van der Waals surface area (Å²) < 4.78 is 7.98. The molecule has 0 aromatic rings. The van der Waals surface area contributed by atoms with E-state index in [-0.39, 0.29) is 30.2 Å². The van der Waals surface area contributed by atoms with Gasteiger partial charge in [-0.3, -0.25) is 0 Å². The van der Waals surface area contributed by atoms with Gasteiger partial charge in [0.05, 0.1) is 0 Å². The molecule has 0 saturated carbocycles. The quantitative estimate of drug-likeness (QED) is 0.571. The van der Waals surface area contributed by atoms with Crippen LogP contribution >= 0.6 is 0 Å². The van der Waals surface area contributed by atoms with Gasteiger partial charge >= 0.3 is 133 Å². The summed E-state index contributed by atoms with van der Waals surface area (Å²) in [7, 11) is 0. The number of hydrogen-bond acceptors (Lipinski definition) is 0. The van der Waals surface area contributed by atoms with Crippen LogP contribution < -0.4 is 24.8 Å². The van der Waals surface area contributed by atoms with E-state index in [9.17, 15) is 0 Å². The average molecular weight is 419 g/mol. The minimum atomic E-state index is -1.78. The van der Waals surface area contributed by atoms with Crippen LogP contribution in [0, 0.1) is 10.8 Å². The predicted molar refractivity (Wildman–Crippen MR) is 87.6 cm³/mol. The van der Waals surface area contributed by atoms with Crippen LogP contribution in [0.15, 0.2) is 42.0 Å². The van der Waals surface area contributed by atoms with E-state index in [1.54, 1.807) is 12.1 Å². The zero-order valence-electron chi connectivity index (χ0n) is 14.7. The van der Waals surface area contributed by atoms with Crippen molar-refractivity contribution in [3.8, 4) is 0 Å². The Kier molecular flexibility index (Phi) is 8.02. The van der Waals surface area contributed by atoms with Crippen LogP contribution in [-0.2, 0) is 21.3 Å².